The largest absolute Gasteiger partial charge is 0.372 e. The molecule has 1 amide bonds. The fourth-order valence-electron chi connectivity index (χ4n) is 3.02. The molecule has 2 atom stereocenters. The van der Waals surface area contributed by atoms with E-state index in [-0.39, 0.29) is 24.4 Å². The molecule has 0 radical (unpaired) electrons. The lowest BCUT2D eigenvalue weighted by atomic mass is 10.1. The molecule has 4 N–H and O–H groups in total. The first kappa shape index (κ1) is 19.4. The number of amides is 1. The summed E-state index contributed by atoms with van der Waals surface area (Å²) in [5, 5.41) is 3.33. The van der Waals surface area contributed by atoms with Crippen LogP contribution in [0.1, 0.15) is 19.8 Å². The lowest BCUT2D eigenvalue weighted by Gasteiger charge is -2.33. The Bertz CT molecular complexity index is 753. The Hall–Kier alpha value is -1.90. The van der Waals surface area contributed by atoms with Crippen LogP contribution in [0.3, 0.4) is 0 Å². The number of hydrogen-bond acceptors (Lipinski definition) is 5. The zero-order valence-corrected chi connectivity index (χ0v) is 15.0. The van der Waals surface area contributed by atoms with Gasteiger partial charge in [0.2, 0.25) is 0 Å². The average Bonchev–Trinajstić information content (AvgIpc) is 2.96. The molecule has 0 spiro atoms. The molecule has 9 heteroatoms. The molecular weight excluding hydrogens is 349 g/mol. The molecule has 138 valence electrons. The number of halogens is 2. The van der Waals surface area contributed by atoms with Crippen molar-refractivity contribution in [3.8, 4) is 0 Å². The van der Waals surface area contributed by atoms with Crippen LogP contribution in [0, 0.1) is 5.82 Å². The Kier molecular flexibility index (Phi) is 6.21. The maximum absolute atomic E-state index is 14.6. The molecule has 2 aromatic heterocycles. The predicted molar refractivity (Wildman–Crippen MR) is 97.8 cm³/mol. The maximum atomic E-state index is 14.6. The summed E-state index contributed by atoms with van der Waals surface area (Å²) in [6.07, 6.45) is 4.03. The Morgan fingerprint density at radius 2 is 2.36 bits per heavy atom. The highest BCUT2D eigenvalue weighted by Gasteiger charge is 2.25. The van der Waals surface area contributed by atoms with Crippen LogP contribution >= 0.6 is 12.4 Å². The fraction of sp³-hybridized carbons (Fsp3) is 0.500. The summed E-state index contributed by atoms with van der Waals surface area (Å²) >= 11 is 0. The Labute approximate surface area is 151 Å². The van der Waals surface area contributed by atoms with Gasteiger partial charge in [-0.2, -0.15) is 0 Å². The number of carbonyl (C=O) groups excluding carboxylic acids is 1. The predicted octanol–water partition coefficient (Wildman–Crippen LogP) is 2.02. The number of H-pyrrole nitrogens is 1. The number of rotatable bonds is 4. The highest BCUT2D eigenvalue weighted by molar-refractivity contribution is 6.07. The summed E-state index contributed by atoms with van der Waals surface area (Å²) < 4.78 is 19.6. The maximum Gasteiger partial charge on any atom is 0.253 e. The van der Waals surface area contributed by atoms with Gasteiger partial charge < -0.3 is 25.7 Å². The molecule has 0 aliphatic carbocycles. The van der Waals surface area contributed by atoms with Gasteiger partial charge >= 0.3 is 0 Å². The van der Waals surface area contributed by atoms with Crippen LogP contribution in [-0.2, 0) is 9.53 Å². The third kappa shape index (κ3) is 3.86. The molecule has 2 aromatic rings. The van der Waals surface area contributed by atoms with Gasteiger partial charge in [-0.25, -0.2) is 9.37 Å². The summed E-state index contributed by atoms with van der Waals surface area (Å²) in [6.45, 7) is 2.94. The van der Waals surface area contributed by atoms with Gasteiger partial charge in [0, 0.05) is 32.4 Å². The Morgan fingerprint density at radius 1 is 1.60 bits per heavy atom. The molecule has 0 unspecified atom stereocenters. The van der Waals surface area contributed by atoms with Crippen LogP contribution in [0.5, 0.6) is 0 Å². The van der Waals surface area contributed by atoms with E-state index in [0.29, 0.717) is 29.0 Å². The molecule has 1 aliphatic heterocycles. The van der Waals surface area contributed by atoms with Gasteiger partial charge in [0.25, 0.3) is 5.91 Å². The summed E-state index contributed by atoms with van der Waals surface area (Å²) in [5.41, 5.74) is 7.47. The number of hydrogen-bond donors (Lipinski definition) is 3. The topological polar surface area (TPSA) is 96.3 Å². The number of aromatic amines is 1. The number of anilines is 2. The minimum absolute atomic E-state index is 0. The summed E-state index contributed by atoms with van der Waals surface area (Å²) in [6, 6.07) is 0.00635. The molecule has 1 saturated heterocycles. The molecule has 25 heavy (non-hydrogen) atoms. The van der Waals surface area contributed by atoms with Crippen molar-refractivity contribution in [1.82, 2.24) is 9.97 Å². The highest BCUT2D eigenvalue weighted by atomic mass is 35.5. The molecule has 0 saturated carbocycles. The first-order valence-corrected chi connectivity index (χ1v) is 8.01. The third-order valence-electron chi connectivity index (χ3n) is 4.38. The second-order valence-electron chi connectivity index (χ2n) is 6.10. The number of carbonyl (C=O) groups is 1. The van der Waals surface area contributed by atoms with Gasteiger partial charge in [0.1, 0.15) is 11.8 Å². The van der Waals surface area contributed by atoms with Crippen molar-refractivity contribution in [2.45, 2.75) is 31.9 Å². The Balaban J connectivity index is 0.00000225. The minimum Gasteiger partial charge on any atom is -0.372 e. The lowest BCUT2D eigenvalue weighted by Crippen LogP contribution is -2.43. The number of pyridine rings is 1. The summed E-state index contributed by atoms with van der Waals surface area (Å²) in [4.78, 5) is 21.1. The first-order valence-electron chi connectivity index (χ1n) is 8.01. The molecule has 3 rings (SSSR count). The number of piperidine rings is 1. The summed E-state index contributed by atoms with van der Waals surface area (Å²) in [5.74, 6) is -0.726. The minimum atomic E-state index is -0.608. The van der Waals surface area contributed by atoms with Gasteiger partial charge in [0.05, 0.1) is 23.0 Å². The molecule has 0 aromatic carbocycles. The molecule has 7 nitrogen and oxygen atoms in total. The van der Waals surface area contributed by atoms with Crippen LogP contribution in [-0.4, -0.2) is 48.2 Å². The number of aromatic nitrogens is 2. The van der Waals surface area contributed by atoms with Crippen LogP contribution in [0.2, 0.25) is 0 Å². The SMILES string of the molecule is CO[C@H](C)C(=O)Nc1c[nH]c2ncc(F)c(N3CCC[C@@H](N)C3)c12.Cl. The fourth-order valence-corrected chi connectivity index (χ4v) is 3.02. The van der Waals surface area contributed by atoms with Crippen molar-refractivity contribution in [2.75, 3.05) is 30.4 Å². The smallest absolute Gasteiger partial charge is 0.253 e. The van der Waals surface area contributed by atoms with Crippen molar-refractivity contribution in [3.05, 3.63) is 18.2 Å². The van der Waals surface area contributed by atoms with Gasteiger partial charge in [-0.1, -0.05) is 0 Å². The number of ether oxygens (including phenoxy) is 1. The van der Waals surface area contributed by atoms with E-state index in [1.807, 2.05) is 4.90 Å². The average molecular weight is 372 g/mol. The van der Waals surface area contributed by atoms with E-state index in [9.17, 15) is 9.18 Å². The van der Waals surface area contributed by atoms with E-state index in [4.69, 9.17) is 10.5 Å². The molecule has 3 heterocycles. The number of nitrogens with one attached hydrogen (secondary N) is 2. The quantitative estimate of drug-likeness (QED) is 0.764. The monoisotopic (exact) mass is 371 g/mol. The molecular formula is C16H23ClFN5O2. The van der Waals surface area contributed by atoms with E-state index < -0.39 is 11.9 Å². The zero-order chi connectivity index (χ0) is 17.3. The van der Waals surface area contributed by atoms with Crippen molar-refractivity contribution >= 4 is 40.7 Å². The second kappa shape index (κ2) is 7.99. The van der Waals surface area contributed by atoms with E-state index in [0.717, 1.165) is 19.4 Å². The lowest BCUT2D eigenvalue weighted by molar-refractivity contribution is -0.124. The van der Waals surface area contributed by atoms with Crippen molar-refractivity contribution < 1.29 is 13.9 Å². The number of methoxy groups -OCH3 is 1. The second-order valence-corrected chi connectivity index (χ2v) is 6.10. The summed E-state index contributed by atoms with van der Waals surface area (Å²) in [7, 11) is 1.46. The number of fused-ring (bicyclic) bond motifs is 1. The standard InChI is InChI=1S/C16H22FN5O2.ClH/c1-9(24-2)16(23)21-12-7-20-15-13(12)14(11(17)6-19-15)22-5-3-4-10(18)8-22;/h6-7,9-10H,3-5,8,18H2,1-2H3,(H,19,20)(H,21,23);1H/t9-,10-;/m1./s1. The van der Waals surface area contributed by atoms with Gasteiger partial charge in [0.15, 0.2) is 5.82 Å². The van der Waals surface area contributed by atoms with E-state index in [1.165, 1.54) is 13.3 Å². The van der Waals surface area contributed by atoms with Crippen LogP contribution < -0.4 is 16.0 Å². The van der Waals surface area contributed by atoms with E-state index >= 15 is 0 Å². The van der Waals surface area contributed by atoms with E-state index in [2.05, 4.69) is 15.3 Å². The van der Waals surface area contributed by atoms with Crippen molar-refractivity contribution in [3.63, 3.8) is 0 Å². The van der Waals surface area contributed by atoms with Crippen molar-refractivity contribution in [1.29, 1.82) is 0 Å². The van der Waals surface area contributed by atoms with Gasteiger partial charge in [-0.3, -0.25) is 4.79 Å². The van der Waals surface area contributed by atoms with E-state index in [1.54, 1.807) is 13.1 Å². The van der Waals surface area contributed by atoms with Gasteiger partial charge in [-0.05, 0) is 19.8 Å². The number of nitrogens with two attached hydrogens (primary N) is 1. The first-order chi connectivity index (χ1) is 11.5. The van der Waals surface area contributed by atoms with Crippen LogP contribution in [0.4, 0.5) is 15.8 Å². The molecule has 0 bridgehead atoms. The highest BCUT2D eigenvalue weighted by Crippen LogP contribution is 2.35. The van der Waals surface area contributed by atoms with Gasteiger partial charge in [-0.15, -0.1) is 12.4 Å². The van der Waals surface area contributed by atoms with Crippen LogP contribution in [0.15, 0.2) is 12.4 Å². The normalized spacial score (nSPS) is 18.7. The number of nitrogens with zero attached hydrogens (tertiary/aromatic N) is 2. The third-order valence-corrected chi connectivity index (χ3v) is 4.38. The molecule has 1 aliphatic rings. The molecule has 1 fully saturated rings. The van der Waals surface area contributed by atoms with Crippen LogP contribution in [0.25, 0.3) is 11.0 Å². The Morgan fingerprint density at radius 3 is 3.04 bits per heavy atom. The van der Waals surface area contributed by atoms with Crippen molar-refractivity contribution in [2.24, 2.45) is 5.73 Å². The zero-order valence-electron chi connectivity index (χ0n) is 14.2.